The SMILES string of the molecule is COC(=O)c1ccc(N2CCOCC2CC[C@H](C)c2cccc3ccccc23)cc1.Cl. The van der Waals surface area contributed by atoms with E-state index >= 15 is 0 Å². The molecule has 4 rings (SSSR count). The second kappa shape index (κ2) is 10.7. The predicted octanol–water partition coefficient (Wildman–Crippen LogP) is 5.84. The van der Waals surface area contributed by atoms with Gasteiger partial charge in [0, 0.05) is 12.2 Å². The lowest BCUT2D eigenvalue weighted by atomic mass is 9.90. The fourth-order valence-electron chi connectivity index (χ4n) is 4.42. The predicted molar refractivity (Wildman–Crippen MR) is 129 cm³/mol. The van der Waals surface area contributed by atoms with Crippen LogP contribution in [0.25, 0.3) is 10.8 Å². The van der Waals surface area contributed by atoms with Crippen LogP contribution in [-0.4, -0.2) is 38.9 Å². The van der Waals surface area contributed by atoms with Gasteiger partial charge in [0.15, 0.2) is 0 Å². The first-order chi connectivity index (χ1) is 14.7. The highest BCUT2D eigenvalue weighted by Crippen LogP contribution is 2.31. The van der Waals surface area contributed by atoms with Crippen molar-refractivity contribution in [3.05, 3.63) is 77.9 Å². The maximum absolute atomic E-state index is 11.7. The van der Waals surface area contributed by atoms with Crippen molar-refractivity contribution in [1.82, 2.24) is 0 Å². The molecule has 0 N–H and O–H groups in total. The van der Waals surface area contributed by atoms with E-state index in [2.05, 4.69) is 54.3 Å². The smallest absolute Gasteiger partial charge is 0.337 e. The molecule has 0 radical (unpaired) electrons. The van der Waals surface area contributed by atoms with Gasteiger partial charge in [0.25, 0.3) is 0 Å². The Bertz CT molecular complexity index is 1000. The normalized spacial score (nSPS) is 17.1. The minimum absolute atomic E-state index is 0. The molecule has 1 heterocycles. The Hall–Kier alpha value is -2.56. The van der Waals surface area contributed by atoms with Crippen molar-refractivity contribution in [2.75, 3.05) is 31.8 Å². The number of hydrogen-bond acceptors (Lipinski definition) is 4. The van der Waals surface area contributed by atoms with Crippen molar-refractivity contribution < 1.29 is 14.3 Å². The Labute approximate surface area is 190 Å². The Kier molecular flexibility index (Phi) is 7.94. The monoisotopic (exact) mass is 439 g/mol. The van der Waals surface area contributed by atoms with E-state index in [0.717, 1.165) is 38.3 Å². The van der Waals surface area contributed by atoms with Gasteiger partial charge in [0.2, 0.25) is 0 Å². The number of fused-ring (bicyclic) bond motifs is 1. The molecule has 164 valence electrons. The highest BCUT2D eigenvalue weighted by molar-refractivity contribution is 5.89. The van der Waals surface area contributed by atoms with Gasteiger partial charge in [-0.15, -0.1) is 12.4 Å². The second-order valence-electron chi connectivity index (χ2n) is 8.01. The van der Waals surface area contributed by atoms with E-state index in [1.807, 2.05) is 24.3 Å². The average molecular weight is 440 g/mol. The zero-order valence-electron chi connectivity index (χ0n) is 18.1. The van der Waals surface area contributed by atoms with Gasteiger partial charge in [0.1, 0.15) is 0 Å². The van der Waals surface area contributed by atoms with Crippen molar-refractivity contribution in [1.29, 1.82) is 0 Å². The van der Waals surface area contributed by atoms with Crippen LogP contribution in [0.4, 0.5) is 5.69 Å². The first-order valence-corrected chi connectivity index (χ1v) is 10.7. The molecule has 1 aliphatic rings. The van der Waals surface area contributed by atoms with Crippen LogP contribution in [0.15, 0.2) is 66.7 Å². The Morgan fingerprint density at radius 1 is 1.10 bits per heavy atom. The lowest BCUT2D eigenvalue weighted by molar-refractivity contribution is 0.0600. The number of carbonyl (C=O) groups is 1. The molecule has 1 fully saturated rings. The second-order valence-corrected chi connectivity index (χ2v) is 8.01. The lowest BCUT2D eigenvalue weighted by Gasteiger charge is -2.38. The average Bonchev–Trinajstić information content (AvgIpc) is 2.82. The fraction of sp³-hybridized carbons (Fsp3) is 0.346. The van der Waals surface area contributed by atoms with Crippen molar-refractivity contribution in [3.8, 4) is 0 Å². The summed E-state index contributed by atoms with van der Waals surface area (Å²) in [5, 5.41) is 2.65. The molecule has 1 saturated heterocycles. The van der Waals surface area contributed by atoms with E-state index in [0.29, 0.717) is 17.5 Å². The van der Waals surface area contributed by atoms with Crippen molar-refractivity contribution in [2.45, 2.75) is 31.7 Å². The summed E-state index contributed by atoms with van der Waals surface area (Å²) < 4.78 is 10.6. The third kappa shape index (κ3) is 5.20. The van der Waals surface area contributed by atoms with Crippen LogP contribution in [0.2, 0.25) is 0 Å². The summed E-state index contributed by atoms with van der Waals surface area (Å²) in [6, 6.07) is 23.3. The van der Waals surface area contributed by atoms with Gasteiger partial charge in [-0.2, -0.15) is 0 Å². The Morgan fingerprint density at radius 2 is 1.84 bits per heavy atom. The quantitative estimate of drug-likeness (QED) is 0.452. The molecule has 0 aliphatic carbocycles. The van der Waals surface area contributed by atoms with Crippen LogP contribution in [0.3, 0.4) is 0 Å². The molecule has 4 nitrogen and oxygen atoms in total. The zero-order valence-corrected chi connectivity index (χ0v) is 18.9. The number of methoxy groups -OCH3 is 1. The first-order valence-electron chi connectivity index (χ1n) is 10.7. The molecule has 1 aliphatic heterocycles. The number of anilines is 1. The topological polar surface area (TPSA) is 38.8 Å². The van der Waals surface area contributed by atoms with E-state index < -0.39 is 0 Å². The number of benzene rings is 3. The zero-order chi connectivity index (χ0) is 20.9. The number of nitrogens with zero attached hydrogens (tertiary/aromatic N) is 1. The summed E-state index contributed by atoms with van der Waals surface area (Å²) in [4.78, 5) is 14.1. The molecule has 0 amide bonds. The van der Waals surface area contributed by atoms with Crippen LogP contribution in [0.1, 0.15) is 41.6 Å². The molecule has 0 bridgehead atoms. The third-order valence-corrected chi connectivity index (χ3v) is 6.13. The molecular formula is C26H30ClNO3. The van der Waals surface area contributed by atoms with E-state index in [1.54, 1.807) is 0 Å². The number of esters is 1. The van der Waals surface area contributed by atoms with Crippen molar-refractivity contribution >= 4 is 34.8 Å². The van der Waals surface area contributed by atoms with Gasteiger partial charge < -0.3 is 14.4 Å². The standard InChI is InChI=1S/C26H29NO3.ClH/c1-19(24-9-5-7-20-6-3-4-8-25(20)24)10-13-23-18-30-17-16-27(23)22-14-11-21(12-15-22)26(28)29-2;/h3-9,11-12,14-15,19,23H,10,13,16-18H2,1-2H3;1H/t19-,23?;/m0./s1. The van der Waals surface area contributed by atoms with E-state index in [-0.39, 0.29) is 18.4 Å². The van der Waals surface area contributed by atoms with Gasteiger partial charge in [-0.25, -0.2) is 4.79 Å². The minimum atomic E-state index is -0.302. The van der Waals surface area contributed by atoms with Crippen molar-refractivity contribution in [2.24, 2.45) is 0 Å². The number of rotatable bonds is 6. The van der Waals surface area contributed by atoms with Crippen LogP contribution < -0.4 is 4.90 Å². The number of hydrogen-bond donors (Lipinski definition) is 0. The number of carbonyl (C=O) groups excluding carboxylic acids is 1. The molecule has 0 spiro atoms. The number of morpholine rings is 1. The Balaban J connectivity index is 0.00000272. The molecule has 1 unspecified atom stereocenters. The number of ether oxygens (including phenoxy) is 2. The summed E-state index contributed by atoms with van der Waals surface area (Å²) in [7, 11) is 1.41. The first kappa shape index (κ1) is 23.1. The third-order valence-electron chi connectivity index (χ3n) is 6.13. The Morgan fingerprint density at radius 3 is 2.61 bits per heavy atom. The lowest BCUT2D eigenvalue weighted by Crippen LogP contribution is -2.45. The molecule has 3 aromatic carbocycles. The van der Waals surface area contributed by atoms with E-state index in [4.69, 9.17) is 9.47 Å². The van der Waals surface area contributed by atoms with Gasteiger partial charge >= 0.3 is 5.97 Å². The van der Waals surface area contributed by atoms with E-state index in [9.17, 15) is 4.79 Å². The summed E-state index contributed by atoms with van der Waals surface area (Å²) >= 11 is 0. The largest absolute Gasteiger partial charge is 0.465 e. The molecule has 2 atom stereocenters. The van der Waals surface area contributed by atoms with Crippen LogP contribution in [0, 0.1) is 0 Å². The maximum atomic E-state index is 11.7. The number of halogens is 1. The molecular weight excluding hydrogens is 410 g/mol. The fourth-order valence-corrected chi connectivity index (χ4v) is 4.42. The van der Waals surface area contributed by atoms with Crippen LogP contribution in [0.5, 0.6) is 0 Å². The van der Waals surface area contributed by atoms with Crippen molar-refractivity contribution in [3.63, 3.8) is 0 Å². The maximum Gasteiger partial charge on any atom is 0.337 e. The van der Waals surface area contributed by atoms with Gasteiger partial charge in [0.05, 0.1) is 31.9 Å². The van der Waals surface area contributed by atoms with Gasteiger partial charge in [-0.1, -0.05) is 49.4 Å². The summed E-state index contributed by atoms with van der Waals surface area (Å²) in [6.45, 7) is 4.65. The van der Waals surface area contributed by atoms with Gasteiger partial charge in [-0.05, 0) is 59.4 Å². The molecule has 31 heavy (non-hydrogen) atoms. The molecule has 0 saturated carbocycles. The summed E-state index contributed by atoms with van der Waals surface area (Å²) in [5.74, 6) is 0.172. The van der Waals surface area contributed by atoms with E-state index in [1.165, 1.54) is 23.4 Å². The molecule has 5 heteroatoms. The van der Waals surface area contributed by atoms with Crippen LogP contribution >= 0.6 is 12.4 Å². The molecule has 0 aromatic heterocycles. The van der Waals surface area contributed by atoms with Gasteiger partial charge in [-0.3, -0.25) is 0 Å². The highest BCUT2D eigenvalue weighted by atomic mass is 35.5. The summed E-state index contributed by atoms with van der Waals surface area (Å²) in [5.41, 5.74) is 3.13. The minimum Gasteiger partial charge on any atom is -0.465 e. The van der Waals surface area contributed by atoms with Crippen LogP contribution in [-0.2, 0) is 9.47 Å². The molecule has 3 aromatic rings. The highest BCUT2D eigenvalue weighted by Gasteiger charge is 2.24. The summed E-state index contributed by atoms with van der Waals surface area (Å²) in [6.07, 6.45) is 2.15.